The Morgan fingerprint density at radius 2 is 1.86 bits per heavy atom. The number of rotatable bonds is 6. The number of hydrogen-bond donors (Lipinski definition) is 1. The van der Waals surface area contributed by atoms with E-state index < -0.39 is 0 Å². The fourth-order valence-corrected chi connectivity index (χ4v) is 3.96. The van der Waals surface area contributed by atoms with Crippen molar-refractivity contribution in [3.63, 3.8) is 0 Å². The second-order valence-electron chi connectivity index (χ2n) is 6.81. The molecule has 0 saturated carbocycles. The number of hydrogen-bond acceptors (Lipinski definition) is 6. The van der Waals surface area contributed by atoms with Crippen molar-refractivity contribution in [2.24, 2.45) is 0 Å². The summed E-state index contributed by atoms with van der Waals surface area (Å²) in [5, 5.41) is 8.67. The number of nitrogens with one attached hydrogen (secondary N) is 1. The lowest BCUT2D eigenvalue weighted by Gasteiger charge is -2.34. The second-order valence-corrected chi connectivity index (χ2v) is 7.76. The van der Waals surface area contributed by atoms with Gasteiger partial charge in [0, 0.05) is 50.9 Å². The normalized spacial score (nSPS) is 14.7. The van der Waals surface area contributed by atoms with Gasteiger partial charge in [0.2, 0.25) is 0 Å². The van der Waals surface area contributed by atoms with Gasteiger partial charge < -0.3 is 14.7 Å². The molecule has 29 heavy (non-hydrogen) atoms. The number of thiophene rings is 1. The van der Waals surface area contributed by atoms with E-state index in [0.717, 1.165) is 30.1 Å². The Hall–Kier alpha value is -2.97. The molecule has 1 aliphatic heterocycles. The quantitative estimate of drug-likeness (QED) is 0.676. The molecule has 1 saturated heterocycles. The average Bonchev–Trinajstić information content (AvgIpc) is 3.47. The van der Waals surface area contributed by atoms with Crippen LogP contribution < -0.4 is 5.32 Å². The van der Waals surface area contributed by atoms with Crippen LogP contribution in [0.4, 0.5) is 0 Å². The van der Waals surface area contributed by atoms with E-state index in [1.165, 1.54) is 11.3 Å². The molecule has 0 radical (unpaired) electrons. The van der Waals surface area contributed by atoms with Crippen molar-refractivity contribution in [1.29, 1.82) is 0 Å². The zero-order chi connectivity index (χ0) is 20.1. The minimum atomic E-state index is -0.248. The summed E-state index contributed by atoms with van der Waals surface area (Å²) in [5.41, 5.74) is 1.16. The first-order valence-electron chi connectivity index (χ1n) is 9.56. The lowest BCUT2D eigenvalue weighted by molar-refractivity contribution is 0.0642. The van der Waals surface area contributed by atoms with E-state index in [9.17, 15) is 9.59 Å². The van der Waals surface area contributed by atoms with E-state index in [1.54, 1.807) is 6.07 Å². The van der Waals surface area contributed by atoms with Gasteiger partial charge in [-0.2, -0.15) is 0 Å². The summed E-state index contributed by atoms with van der Waals surface area (Å²) >= 11 is 1.47. The molecule has 0 unspecified atom stereocenters. The van der Waals surface area contributed by atoms with Crippen molar-refractivity contribution in [2.75, 3.05) is 39.3 Å². The molecule has 2 aromatic heterocycles. The van der Waals surface area contributed by atoms with Gasteiger partial charge in [-0.25, -0.2) is 0 Å². The zero-order valence-corrected chi connectivity index (χ0v) is 16.7. The Morgan fingerprint density at radius 3 is 2.59 bits per heavy atom. The molecule has 1 N–H and O–H groups in total. The molecule has 3 aromatic rings. The molecule has 150 valence electrons. The average molecular weight is 410 g/mol. The van der Waals surface area contributed by atoms with Crippen LogP contribution in [0.25, 0.3) is 11.3 Å². The van der Waals surface area contributed by atoms with Gasteiger partial charge in [-0.05, 0) is 11.4 Å². The number of piperazine rings is 1. The van der Waals surface area contributed by atoms with Crippen LogP contribution in [0.3, 0.4) is 0 Å². The van der Waals surface area contributed by atoms with Crippen molar-refractivity contribution in [1.82, 2.24) is 20.3 Å². The monoisotopic (exact) mass is 410 g/mol. The van der Waals surface area contributed by atoms with Gasteiger partial charge in [0.15, 0.2) is 11.5 Å². The Morgan fingerprint density at radius 1 is 1.07 bits per heavy atom. The van der Waals surface area contributed by atoms with Crippen molar-refractivity contribution < 1.29 is 14.1 Å². The van der Waals surface area contributed by atoms with Crippen LogP contribution in [-0.4, -0.2) is 66.0 Å². The SMILES string of the molecule is O=C(NCCN1CCN(C(=O)c2cccs2)CC1)c1cc(-c2ccccc2)on1. The van der Waals surface area contributed by atoms with Crippen LogP contribution in [0.5, 0.6) is 0 Å². The summed E-state index contributed by atoms with van der Waals surface area (Å²) in [6, 6.07) is 15.0. The van der Waals surface area contributed by atoms with E-state index in [-0.39, 0.29) is 17.5 Å². The highest BCUT2D eigenvalue weighted by atomic mass is 32.1. The Labute approximate surface area is 172 Å². The molecule has 1 aromatic carbocycles. The lowest BCUT2D eigenvalue weighted by atomic mass is 10.1. The number of benzene rings is 1. The first-order valence-corrected chi connectivity index (χ1v) is 10.4. The number of amides is 2. The highest BCUT2D eigenvalue weighted by Gasteiger charge is 2.22. The molecule has 3 heterocycles. The topological polar surface area (TPSA) is 78.7 Å². The van der Waals surface area contributed by atoms with Gasteiger partial charge in [-0.3, -0.25) is 14.5 Å². The van der Waals surface area contributed by atoms with E-state index in [4.69, 9.17) is 4.52 Å². The molecule has 0 aliphatic carbocycles. The third-order valence-electron chi connectivity index (χ3n) is 4.91. The third kappa shape index (κ3) is 4.72. The summed E-state index contributed by atoms with van der Waals surface area (Å²) in [7, 11) is 0. The molecule has 4 rings (SSSR count). The van der Waals surface area contributed by atoms with Gasteiger partial charge in [-0.15, -0.1) is 11.3 Å². The minimum Gasteiger partial charge on any atom is -0.355 e. The fourth-order valence-electron chi connectivity index (χ4n) is 3.27. The van der Waals surface area contributed by atoms with Crippen molar-refractivity contribution in [3.05, 3.63) is 64.5 Å². The van der Waals surface area contributed by atoms with Crippen LogP contribution in [-0.2, 0) is 0 Å². The highest BCUT2D eigenvalue weighted by molar-refractivity contribution is 7.12. The first-order chi connectivity index (χ1) is 14.2. The summed E-state index contributed by atoms with van der Waals surface area (Å²) < 4.78 is 5.28. The van der Waals surface area contributed by atoms with Crippen LogP contribution in [0.15, 0.2) is 58.4 Å². The maximum absolute atomic E-state index is 12.4. The molecule has 0 atom stereocenters. The van der Waals surface area contributed by atoms with Gasteiger partial charge in [-0.1, -0.05) is 41.6 Å². The zero-order valence-electron chi connectivity index (χ0n) is 15.9. The second kappa shape index (κ2) is 9.02. The molecule has 7 nitrogen and oxygen atoms in total. The van der Waals surface area contributed by atoms with Gasteiger partial charge in [0.25, 0.3) is 11.8 Å². The predicted molar refractivity (Wildman–Crippen MR) is 111 cm³/mol. The first kappa shape index (κ1) is 19.4. The third-order valence-corrected chi connectivity index (χ3v) is 5.76. The van der Waals surface area contributed by atoms with Crippen LogP contribution in [0.2, 0.25) is 0 Å². The van der Waals surface area contributed by atoms with Crippen molar-refractivity contribution in [3.8, 4) is 11.3 Å². The van der Waals surface area contributed by atoms with Crippen molar-refractivity contribution in [2.45, 2.75) is 0 Å². The van der Waals surface area contributed by atoms with Crippen LogP contribution >= 0.6 is 11.3 Å². The Bertz CT molecular complexity index is 947. The molecular formula is C21H22N4O3S. The van der Waals surface area contributed by atoms with Crippen LogP contribution in [0, 0.1) is 0 Å². The highest BCUT2D eigenvalue weighted by Crippen LogP contribution is 2.19. The molecule has 1 aliphatic rings. The standard InChI is InChI=1S/C21H22N4O3S/c26-20(17-15-18(28-23-17)16-5-2-1-3-6-16)22-8-9-24-10-12-25(13-11-24)21(27)19-7-4-14-29-19/h1-7,14-15H,8-13H2,(H,22,26). The maximum Gasteiger partial charge on any atom is 0.273 e. The van der Waals surface area contributed by atoms with Crippen LogP contribution in [0.1, 0.15) is 20.2 Å². The number of nitrogens with zero attached hydrogens (tertiary/aromatic N) is 3. The summed E-state index contributed by atoms with van der Waals surface area (Å²) in [5.74, 6) is 0.429. The fraction of sp³-hybridized carbons (Fsp3) is 0.286. The van der Waals surface area contributed by atoms with E-state index in [1.807, 2.05) is 52.7 Å². The van der Waals surface area contributed by atoms with E-state index in [2.05, 4.69) is 15.4 Å². The summed E-state index contributed by atoms with van der Waals surface area (Å²) in [6.45, 7) is 4.26. The van der Waals surface area contributed by atoms with Crippen molar-refractivity contribution >= 4 is 23.2 Å². The Kier molecular flexibility index (Phi) is 6.02. The van der Waals surface area contributed by atoms with E-state index >= 15 is 0 Å². The summed E-state index contributed by atoms with van der Waals surface area (Å²) in [4.78, 5) is 29.6. The Balaban J connectivity index is 1.21. The molecular weight excluding hydrogens is 388 g/mol. The molecule has 0 spiro atoms. The largest absolute Gasteiger partial charge is 0.355 e. The van der Waals surface area contributed by atoms with Gasteiger partial charge in [0.05, 0.1) is 4.88 Å². The molecule has 2 amide bonds. The number of carbonyl (C=O) groups excluding carboxylic acids is 2. The number of carbonyl (C=O) groups is 2. The summed E-state index contributed by atoms with van der Waals surface area (Å²) in [6.07, 6.45) is 0. The van der Waals surface area contributed by atoms with E-state index in [0.29, 0.717) is 25.4 Å². The molecule has 0 bridgehead atoms. The maximum atomic E-state index is 12.4. The minimum absolute atomic E-state index is 0.105. The molecule has 8 heteroatoms. The lowest BCUT2D eigenvalue weighted by Crippen LogP contribution is -2.50. The van der Waals surface area contributed by atoms with Gasteiger partial charge >= 0.3 is 0 Å². The number of aromatic nitrogens is 1. The van der Waals surface area contributed by atoms with Gasteiger partial charge in [0.1, 0.15) is 0 Å². The smallest absolute Gasteiger partial charge is 0.273 e. The predicted octanol–water partition coefficient (Wildman–Crippen LogP) is 2.59. The molecule has 1 fully saturated rings.